The molecular weight excluding hydrogens is 402 g/mol. The van der Waals surface area contributed by atoms with Crippen LogP contribution < -0.4 is 0 Å². The molecule has 8 heteroatoms. The van der Waals surface area contributed by atoms with Crippen LogP contribution in [0, 0.1) is 0 Å². The predicted molar refractivity (Wildman–Crippen MR) is 112 cm³/mol. The first-order valence-electron chi connectivity index (χ1n) is 10.1. The van der Waals surface area contributed by atoms with Gasteiger partial charge in [0.15, 0.2) is 0 Å². The molecule has 2 aromatic carbocycles. The molecule has 0 saturated carbocycles. The highest BCUT2D eigenvalue weighted by Gasteiger charge is 2.45. The second kappa shape index (κ2) is 8.57. The fourth-order valence-electron chi connectivity index (χ4n) is 4.07. The van der Waals surface area contributed by atoms with Crippen molar-refractivity contribution in [2.24, 2.45) is 0 Å². The third-order valence-electron chi connectivity index (χ3n) is 5.68. The minimum atomic E-state index is -4.05. The molecule has 2 heterocycles. The lowest BCUT2D eigenvalue weighted by atomic mass is 10.1. The van der Waals surface area contributed by atoms with E-state index >= 15 is 0 Å². The maximum Gasteiger partial charge on any atom is 0.267 e. The Morgan fingerprint density at radius 1 is 0.900 bits per heavy atom. The number of carbonyl (C=O) groups excluding carboxylic acids is 2. The standard InChI is InChI=1S/C22H25N3O4S/c26-21-12-11-20(25(21)30(28,29)19-9-5-2-6-10-19)22(27)24-15-13-23(14-16-24)17-18-7-3-1-4-8-18/h1-10,20H,11-17H2/t20-/m1/s1. The third kappa shape index (κ3) is 4.11. The highest BCUT2D eigenvalue weighted by molar-refractivity contribution is 7.89. The molecule has 158 valence electrons. The molecule has 0 bridgehead atoms. The monoisotopic (exact) mass is 427 g/mol. The van der Waals surface area contributed by atoms with Crippen molar-refractivity contribution in [3.63, 3.8) is 0 Å². The predicted octanol–water partition coefficient (Wildman–Crippen LogP) is 1.71. The number of nitrogens with zero attached hydrogens (tertiary/aromatic N) is 3. The number of carbonyl (C=O) groups is 2. The maximum atomic E-state index is 13.1. The molecule has 2 fully saturated rings. The summed E-state index contributed by atoms with van der Waals surface area (Å²) in [4.78, 5) is 29.6. The van der Waals surface area contributed by atoms with Gasteiger partial charge in [0, 0.05) is 39.1 Å². The highest BCUT2D eigenvalue weighted by Crippen LogP contribution is 2.28. The van der Waals surface area contributed by atoms with Crippen LogP contribution in [-0.4, -0.2) is 66.6 Å². The Bertz CT molecular complexity index is 1000. The van der Waals surface area contributed by atoms with Crippen LogP contribution in [0.1, 0.15) is 18.4 Å². The van der Waals surface area contributed by atoms with Gasteiger partial charge in [0.05, 0.1) is 4.90 Å². The van der Waals surface area contributed by atoms with Crippen molar-refractivity contribution in [1.82, 2.24) is 14.1 Å². The number of hydrogen-bond donors (Lipinski definition) is 0. The molecule has 2 aliphatic heterocycles. The maximum absolute atomic E-state index is 13.1. The number of hydrogen-bond acceptors (Lipinski definition) is 5. The fourth-order valence-corrected chi connectivity index (χ4v) is 5.69. The van der Waals surface area contributed by atoms with Crippen LogP contribution in [-0.2, 0) is 26.2 Å². The fraction of sp³-hybridized carbons (Fsp3) is 0.364. The van der Waals surface area contributed by atoms with Gasteiger partial charge in [-0.2, -0.15) is 0 Å². The third-order valence-corrected chi connectivity index (χ3v) is 7.52. The molecule has 2 aliphatic rings. The molecule has 0 N–H and O–H groups in total. The van der Waals surface area contributed by atoms with E-state index in [2.05, 4.69) is 17.0 Å². The van der Waals surface area contributed by atoms with E-state index < -0.39 is 22.0 Å². The lowest BCUT2D eigenvalue weighted by Gasteiger charge is -2.37. The summed E-state index contributed by atoms with van der Waals surface area (Å²) in [6.45, 7) is 3.30. The van der Waals surface area contributed by atoms with Crippen molar-refractivity contribution in [2.45, 2.75) is 30.3 Å². The Kier molecular flexibility index (Phi) is 5.87. The molecule has 2 amide bonds. The number of piperazine rings is 1. The van der Waals surface area contributed by atoms with Crippen molar-refractivity contribution < 1.29 is 18.0 Å². The number of benzene rings is 2. The molecule has 2 saturated heterocycles. The molecule has 0 spiro atoms. The summed E-state index contributed by atoms with van der Waals surface area (Å²) in [5, 5.41) is 0. The van der Waals surface area contributed by atoms with Crippen molar-refractivity contribution in [3.05, 3.63) is 66.2 Å². The Balaban J connectivity index is 1.43. The highest BCUT2D eigenvalue weighted by atomic mass is 32.2. The Morgan fingerprint density at radius 3 is 2.13 bits per heavy atom. The molecule has 1 atom stereocenters. The van der Waals surface area contributed by atoms with Crippen LogP contribution in [0.3, 0.4) is 0 Å². The van der Waals surface area contributed by atoms with Crippen molar-refractivity contribution >= 4 is 21.8 Å². The largest absolute Gasteiger partial charge is 0.338 e. The summed E-state index contributed by atoms with van der Waals surface area (Å²) in [6.07, 6.45) is 0.296. The topological polar surface area (TPSA) is 78.0 Å². The van der Waals surface area contributed by atoms with Gasteiger partial charge in [-0.1, -0.05) is 48.5 Å². The summed E-state index contributed by atoms with van der Waals surface area (Å²) in [5.41, 5.74) is 1.22. The van der Waals surface area contributed by atoms with Gasteiger partial charge in [-0.05, 0) is 24.1 Å². The molecule has 0 aliphatic carbocycles. The molecule has 0 unspecified atom stereocenters. The first kappa shape index (κ1) is 20.6. The Morgan fingerprint density at radius 2 is 1.50 bits per heavy atom. The SMILES string of the molecule is O=C([C@H]1CCC(=O)N1S(=O)(=O)c1ccccc1)N1CCN(Cc2ccccc2)CC1. The Hall–Kier alpha value is -2.71. The second-order valence-electron chi connectivity index (χ2n) is 7.65. The normalized spacial score (nSPS) is 20.5. The van der Waals surface area contributed by atoms with Crippen molar-refractivity contribution in [1.29, 1.82) is 0 Å². The molecule has 2 aromatic rings. The van der Waals surface area contributed by atoms with E-state index in [0.29, 0.717) is 26.2 Å². The molecule has 4 rings (SSSR count). The van der Waals surface area contributed by atoms with Crippen LogP contribution in [0.2, 0.25) is 0 Å². The van der Waals surface area contributed by atoms with E-state index in [1.807, 2.05) is 18.2 Å². The van der Waals surface area contributed by atoms with Crippen LogP contribution in [0.4, 0.5) is 0 Å². The lowest BCUT2D eigenvalue weighted by molar-refractivity contribution is -0.139. The van der Waals surface area contributed by atoms with E-state index in [1.54, 1.807) is 23.1 Å². The molecular formula is C22H25N3O4S. The van der Waals surface area contributed by atoms with Gasteiger partial charge >= 0.3 is 0 Å². The van der Waals surface area contributed by atoms with Gasteiger partial charge in [-0.3, -0.25) is 14.5 Å². The molecule has 30 heavy (non-hydrogen) atoms. The number of rotatable bonds is 5. The van der Waals surface area contributed by atoms with E-state index in [4.69, 9.17) is 0 Å². The summed E-state index contributed by atoms with van der Waals surface area (Å²) in [7, 11) is -4.05. The number of sulfonamides is 1. The zero-order chi connectivity index (χ0) is 21.1. The van der Waals surface area contributed by atoms with Gasteiger partial charge in [-0.15, -0.1) is 0 Å². The van der Waals surface area contributed by atoms with Crippen LogP contribution >= 0.6 is 0 Å². The summed E-state index contributed by atoms with van der Waals surface area (Å²) >= 11 is 0. The second-order valence-corrected chi connectivity index (χ2v) is 9.46. The molecule has 7 nitrogen and oxygen atoms in total. The van der Waals surface area contributed by atoms with Crippen molar-refractivity contribution in [2.75, 3.05) is 26.2 Å². The minimum absolute atomic E-state index is 0.0331. The van der Waals surface area contributed by atoms with E-state index in [0.717, 1.165) is 10.8 Å². The van der Waals surface area contributed by atoms with Crippen LogP contribution in [0.15, 0.2) is 65.6 Å². The van der Waals surface area contributed by atoms with E-state index in [1.165, 1.54) is 17.7 Å². The van der Waals surface area contributed by atoms with Gasteiger partial charge in [0.2, 0.25) is 11.8 Å². The van der Waals surface area contributed by atoms with Crippen LogP contribution in [0.25, 0.3) is 0 Å². The van der Waals surface area contributed by atoms with Gasteiger partial charge in [-0.25, -0.2) is 12.7 Å². The summed E-state index contributed by atoms with van der Waals surface area (Å²) in [5.74, 6) is -0.792. The zero-order valence-electron chi connectivity index (χ0n) is 16.7. The molecule has 0 aromatic heterocycles. The first-order chi connectivity index (χ1) is 14.5. The summed E-state index contributed by atoms with van der Waals surface area (Å²) in [6, 6.07) is 17.0. The van der Waals surface area contributed by atoms with Gasteiger partial charge < -0.3 is 4.90 Å². The Labute approximate surface area is 176 Å². The number of amides is 2. The van der Waals surface area contributed by atoms with Crippen molar-refractivity contribution in [3.8, 4) is 0 Å². The smallest absolute Gasteiger partial charge is 0.267 e. The van der Waals surface area contributed by atoms with E-state index in [9.17, 15) is 18.0 Å². The quantitative estimate of drug-likeness (QED) is 0.726. The zero-order valence-corrected chi connectivity index (χ0v) is 17.5. The van der Waals surface area contributed by atoms with Crippen LogP contribution in [0.5, 0.6) is 0 Å². The molecule has 0 radical (unpaired) electrons. The van der Waals surface area contributed by atoms with Gasteiger partial charge in [0.25, 0.3) is 10.0 Å². The minimum Gasteiger partial charge on any atom is -0.338 e. The van der Waals surface area contributed by atoms with E-state index in [-0.39, 0.29) is 23.6 Å². The summed E-state index contributed by atoms with van der Waals surface area (Å²) < 4.78 is 26.9. The average Bonchev–Trinajstić information content (AvgIpc) is 3.17. The first-order valence-corrected chi connectivity index (χ1v) is 11.6. The average molecular weight is 428 g/mol. The lowest BCUT2D eigenvalue weighted by Crippen LogP contribution is -2.54. The van der Waals surface area contributed by atoms with Gasteiger partial charge in [0.1, 0.15) is 6.04 Å².